The fourth-order valence-corrected chi connectivity index (χ4v) is 1.75. The van der Waals surface area contributed by atoms with Gasteiger partial charge >= 0.3 is 5.97 Å². The second-order valence-electron chi connectivity index (χ2n) is 3.61. The van der Waals surface area contributed by atoms with E-state index in [1.54, 1.807) is 0 Å². The molecule has 84 valence electrons. The molecule has 0 saturated carbocycles. The number of esters is 1. The first-order valence-corrected chi connectivity index (χ1v) is 4.92. The molecule has 2 atom stereocenters. The minimum atomic E-state index is -0.481. The Morgan fingerprint density at radius 3 is 3.00 bits per heavy atom. The number of methoxy groups -OCH3 is 1. The molecule has 2 aliphatic heterocycles. The average molecular weight is 222 g/mol. The van der Waals surface area contributed by atoms with E-state index >= 15 is 0 Å². The number of benzene rings is 1. The van der Waals surface area contributed by atoms with E-state index in [0.717, 1.165) is 11.3 Å². The molecule has 2 heterocycles. The molecular weight excluding hydrogens is 212 g/mol. The van der Waals surface area contributed by atoms with Gasteiger partial charge in [-0.25, -0.2) is 4.79 Å². The van der Waals surface area contributed by atoms with Crippen molar-refractivity contribution in [2.75, 3.05) is 13.9 Å². The number of rotatable bonds is 2. The Balaban J connectivity index is 1.80. The normalized spacial score (nSPS) is 25.3. The third-order valence-electron chi connectivity index (χ3n) is 2.65. The van der Waals surface area contributed by atoms with Crippen molar-refractivity contribution in [3.05, 3.63) is 23.8 Å². The van der Waals surface area contributed by atoms with Crippen molar-refractivity contribution >= 4 is 5.97 Å². The van der Waals surface area contributed by atoms with Gasteiger partial charge in [-0.15, -0.1) is 0 Å². The molecule has 0 aliphatic carbocycles. The van der Waals surface area contributed by atoms with Gasteiger partial charge in [0.1, 0.15) is 6.10 Å². The van der Waals surface area contributed by atoms with Crippen molar-refractivity contribution in [1.29, 1.82) is 0 Å². The molecule has 3 rings (SSSR count). The molecule has 2 aliphatic rings. The summed E-state index contributed by atoms with van der Waals surface area (Å²) >= 11 is 0. The van der Waals surface area contributed by atoms with E-state index in [4.69, 9.17) is 14.2 Å². The van der Waals surface area contributed by atoms with Crippen molar-refractivity contribution in [2.24, 2.45) is 0 Å². The van der Waals surface area contributed by atoms with Crippen molar-refractivity contribution in [2.45, 2.75) is 12.2 Å². The van der Waals surface area contributed by atoms with Crippen LogP contribution in [0.2, 0.25) is 0 Å². The van der Waals surface area contributed by atoms with Crippen molar-refractivity contribution in [1.82, 2.24) is 0 Å². The van der Waals surface area contributed by atoms with E-state index in [-0.39, 0.29) is 18.9 Å². The molecule has 1 aromatic rings. The van der Waals surface area contributed by atoms with Gasteiger partial charge in [0, 0.05) is 0 Å². The van der Waals surface area contributed by atoms with Gasteiger partial charge in [-0.2, -0.15) is 0 Å². The molecule has 0 amide bonds. The summed E-state index contributed by atoms with van der Waals surface area (Å²) < 4.78 is 20.3. The van der Waals surface area contributed by atoms with Crippen LogP contribution in [-0.4, -0.2) is 26.0 Å². The molecule has 0 unspecified atom stereocenters. The highest BCUT2D eigenvalue weighted by Gasteiger charge is 2.47. The highest BCUT2D eigenvalue weighted by Crippen LogP contribution is 2.43. The maximum Gasteiger partial charge on any atom is 0.338 e. The molecule has 1 saturated heterocycles. The highest BCUT2D eigenvalue weighted by atomic mass is 16.7. The number of carbonyl (C=O) groups excluding carboxylic acids is 1. The highest BCUT2D eigenvalue weighted by molar-refractivity contribution is 5.78. The van der Waals surface area contributed by atoms with Crippen LogP contribution in [0.4, 0.5) is 0 Å². The molecule has 1 fully saturated rings. The van der Waals surface area contributed by atoms with Gasteiger partial charge in [-0.3, -0.25) is 0 Å². The van der Waals surface area contributed by atoms with Gasteiger partial charge in [-0.1, -0.05) is 6.07 Å². The van der Waals surface area contributed by atoms with Crippen LogP contribution in [0.3, 0.4) is 0 Å². The summed E-state index contributed by atoms with van der Waals surface area (Å²) in [5.41, 5.74) is 0.902. The Kier molecular flexibility index (Phi) is 2.00. The number of carbonyl (C=O) groups is 1. The number of fused-ring (bicyclic) bond motifs is 1. The largest absolute Gasteiger partial charge is 0.467 e. The van der Waals surface area contributed by atoms with Crippen molar-refractivity contribution in [3.63, 3.8) is 0 Å². The zero-order chi connectivity index (χ0) is 11.1. The maximum absolute atomic E-state index is 11.2. The fourth-order valence-electron chi connectivity index (χ4n) is 1.75. The third-order valence-corrected chi connectivity index (χ3v) is 2.65. The summed E-state index contributed by atoms with van der Waals surface area (Å²) in [6, 6.07) is 5.50. The Bertz CT molecular complexity index is 442. The van der Waals surface area contributed by atoms with E-state index in [1.165, 1.54) is 7.11 Å². The molecule has 1 aromatic carbocycles. The van der Waals surface area contributed by atoms with Crippen LogP contribution >= 0.6 is 0 Å². The van der Waals surface area contributed by atoms with E-state index in [2.05, 4.69) is 4.74 Å². The minimum Gasteiger partial charge on any atom is -0.467 e. The molecule has 0 N–H and O–H groups in total. The molecule has 0 aromatic heterocycles. The molecule has 0 radical (unpaired) electrons. The van der Waals surface area contributed by atoms with E-state index < -0.39 is 6.10 Å². The summed E-state index contributed by atoms with van der Waals surface area (Å²) in [7, 11) is 1.35. The predicted molar refractivity (Wildman–Crippen MR) is 52.2 cm³/mol. The van der Waals surface area contributed by atoms with E-state index in [9.17, 15) is 4.79 Å². The average Bonchev–Trinajstić information content (AvgIpc) is 2.98. The Morgan fingerprint density at radius 1 is 1.38 bits per heavy atom. The monoisotopic (exact) mass is 222 g/mol. The van der Waals surface area contributed by atoms with E-state index in [1.807, 2.05) is 18.2 Å². The maximum atomic E-state index is 11.2. The van der Waals surface area contributed by atoms with Crippen LogP contribution in [0.25, 0.3) is 0 Å². The first-order valence-electron chi connectivity index (χ1n) is 4.92. The molecular formula is C11H10O5. The van der Waals surface area contributed by atoms with Gasteiger partial charge in [0.05, 0.1) is 7.11 Å². The fraction of sp³-hybridized carbons (Fsp3) is 0.364. The topological polar surface area (TPSA) is 57.3 Å². The number of epoxide rings is 1. The van der Waals surface area contributed by atoms with Gasteiger partial charge < -0.3 is 18.9 Å². The van der Waals surface area contributed by atoms with Crippen LogP contribution in [0.1, 0.15) is 11.7 Å². The first-order chi connectivity index (χ1) is 7.79. The summed E-state index contributed by atoms with van der Waals surface area (Å²) in [6.07, 6.45) is -0.702. The lowest BCUT2D eigenvalue weighted by molar-refractivity contribution is -0.142. The van der Waals surface area contributed by atoms with Crippen LogP contribution < -0.4 is 9.47 Å². The Labute approximate surface area is 91.9 Å². The van der Waals surface area contributed by atoms with Gasteiger partial charge in [0.25, 0.3) is 0 Å². The van der Waals surface area contributed by atoms with Crippen molar-refractivity contribution < 1.29 is 23.7 Å². The van der Waals surface area contributed by atoms with Gasteiger partial charge in [-0.05, 0) is 17.7 Å². The Morgan fingerprint density at radius 2 is 2.19 bits per heavy atom. The van der Waals surface area contributed by atoms with Crippen LogP contribution in [0.15, 0.2) is 18.2 Å². The molecule has 0 spiro atoms. The minimum absolute atomic E-state index is 0.220. The number of hydrogen-bond donors (Lipinski definition) is 0. The third kappa shape index (κ3) is 1.40. The predicted octanol–water partition coefficient (Wildman–Crippen LogP) is 1.03. The van der Waals surface area contributed by atoms with Crippen LogP contribution in [0, 0.1) is 0 Å². The van der Waals surface area contributed by atoms with E-state index in [0.29, 0.717) is 5.75 Å². The number of hydrogen-bond acceptors (Lipinski definition) is 5. The second-order valence-corrected chi connectivity index (χ2v) is 3.61. The SMILES string of the molecule is COC(=O)[C@@H]1O[C@@H]1c1ccc2c(c1)OCO2. The summed E-state index contributed by atoms with van der Waals surface area (Å²) in [6.45, 7) is 0.241. The molecule has 5 nitrogen and oxygen atoms in total. The zero-order valence-corrected chi connectivity index (χ0v) is 8.64. The van der Waals surface area contributed by atoms with Crippen molar-refractivity contribution in [3.8, 4) is 11.5 Å². The smallest absolute Gasteiger partial charge is 0.338 e. The standard InChI is InChI=1S/C11H10O5/c1-13-11(12)10-9(16-10)6-2-3-7-8(4-6)15-5-14-7/h2-4,9-10H,5H2,1H3/t9-,10-/m1/s1. The Hall–Kier alpha value is -1.75. The molecule has 16 heavy (non-hydrogen) atoms. The second kappa shape index (κ2) is 3.38. The van der Waals surface area contributed by atoms with Crippen LogP contribution in [0.5, 0.6) is 11.5 Å². The van der Waals surface area contributed by atoms with Gasteiger partial charge in [0.2, 0.25) is 6.79 Å². The summed E-state index contributed by atoms with van der Waals surface area (Å²) in [5, 5.41) is 0. The molecule has 0 bridgehead atoms. The number of ether oxygens (including phenoxy) is 4. The summed E-state index contributed by atoms with van der Waals surface area (Å²) in [4.78, 5) is 11.2. The van der Waals surface area contributed by atoms with Crippen LogP contribution in [-0.2, 0) is 14.3 Å². The van der Waals surface area contributed by atoms with Gasteiger partial charge in [0.15, 0.2) is 17.6 Å². The lowest BCUT2D eigenvalue weighted by atomic mass is 10.1. The molecule has 5 heteroatoms. The lowest BCUT2D eigenvalue weighted by Crippen LogP contribution is -2.09. The summed E-state index contributed by atoms with van der Waals surface area (Å²) in [5.74, 6) is 1.07. The zero-order valence-electron chi connectivity index (χ0n) is 8.64. The first kappa shape index (κ1) is 9.47. The lowest BCUT2D eigenvalue weighted by Gasteiger charge is -1.99. The quantitative estimate of drug-likeness (QED) is 0.552.